The summed E-state index contributed by atoms with van der Waals surface area (Å²) in [5, 5.41) is 10.7. The molecule has 3 heteroatoms. The molecule has 3 nitrogen and oxygen atoms in total. The van der Waals surface area contributed by atoms with Crippen molar-refractivity contribution >= 4 is 5.82 Å². The lowest BCUT2D eigenvalue weighted by Gasteiger charge is -2.22. The van der Waals surface area contributed by atoms with Gasteiger partial charge >= 0.3 is 0 Å². The first-order valence-corrected chi connectivity index (χ1v) is 6.65. The van der Waals surface area contributed by atoms with Crippen molar-refractivity contribution < 1.29 is 5.11 Å². The Bertz CT molecular complexity index is 589. The average Bonchev–Trinajstić information content (AvgIpc) is 2.82. The van der Waals surface area contributed by atoms with Gasteiger partial charge in [-0.25, -0.2) is 4.98 Å². The van der Waals surface area contributed by atoms with E-state index in [4.69, 9.17) is 5.73 Å². The van der Waals surface area contributed by atoms with Crippen LogP contribution in [0.5, 0.6) is 0 Å². The second-order valence-electron chi connectivity index (χ2n) is 5.22. The molecule has 0 spiro atoms. The predicted molar refractivity (Wildman–Crippen MR) is 75.9 cm³/mol. The summed E-state index contributed by atoms with van der Waals surface area (Å²) in [7, 11) is 0. The van der Waals surface area contributed by atoms with E-state index in [0.29, 0.717) is 5.82 Å². The first-order valence-electron chi connectivity index (χ1n) is 6.65. The molecule has 0 aliphatic heterocycles. The lowest BCUT2D eigenvalue weighted by atomic mass is 9.89. The van der Waals surface area contributed by atoms with Gasteiger partial charge in [0.15, 0.2) is 0 Å². The molecule has 0 bridgehead atoms. The van der Waals surface area contributed by atoms with E-state index in [2.05, 4.69) is 23.2 Å². The van der Waals surface area contributed by atoms with Gasteiger partial charge in [-0.2, -0.15) is 0 Å². The van der Waals surface area contributed by atoms with Crippen LogP contribution in [0.3, 0.4) is 0 Å². The smallest absolute Gasteiger partial charge is 0.129 e. The van der Waals surface area contributed by atoms with Crippen molar-refractivity contribution in [2.24, 2.45) is 0 Å². The van der Waals surface area contributed by atoms with E-state index < -0.39 is 6.10 Å². The number of anilines is 1. The fraction of sp³-hybridized carbons (Fsp3) is 0.312. The van der Waals surface area contributed by atoms with Crippen LogP contribution < -0.4 is 5.73 Å². The van der Waals surface area contributed by atoms with Crippen LogP contribution >= 0.6 is 0 Å². The van der Waals surface area contributed by atoms with Crippen LogP contribution in [0.25, 0.3) is 0 Å². The molecular weight excluding hydrogens is 236 g/mol. The maximum absolute atomic E-state index is 10.7. The van der Waals surface area contributed by atoms with Crippen LogP contribution in [0.15, 0.2) is 36.5 Å². The largest absolute Gasteiger partial charge is 0.388 e. The highest BCUT2D eigenvalue weighted by molar-refractivity contribution is 5.48. The lowest BCUT2D eigenvalue weighted by molar-refractivity contribution is 0.144. The molecule has 0 amide bonds. The highest BCUT2D eigenvalue weighted by Crippen LogP contribution is 2.43. The normalized spacial score (nSPS) is 19.2. The molecule has 1 aliphatic carbocycles. The quantitative estimate of drug-likeness (QED) is 0.866. The molecule has 3 rings (SSSR count). The SMILES string of the molecule is Cc1ccnc(N)c1C(O)C1CCc2ccccc21. The van der Waals surface area contributed by atoms with Gasteiger partial charge in [0.1, 0.15) is 5.82 Å². The standard InChI is InChI=1S/C16H18N2O/c1-10-8-9-18-16(17)14(10)15(19)13-7-6-11-4-2-3-5-12(11)13/h2-5,8-9,13,15,19H,6-7H2,1H3,(H2,17,18). The van der Waals surface area contributed by atoms with E-state index in [0.717, 1.165) is 24.0 Å². The van der Waals surface area contributed by atoms with Crippen molar-refractivity contribution in [1.29, 1.82) is 0 Å². The molecule has 2 atom stereocenters. The van der Waals surface area contributed by atoms with E-state index in [1.165, 1.54) is 11.1 Å². The molecule has 19 heavy (non-hydrogen) atoms. The number of rotatable bonds is 2. The number of nitrogen functional groups attached to an aromatic ring is 1. The predicted octanol–water partition coefficient (Wildman–Crippen LogP) is 2.74. The Hall–Kier alpha value is -1.87. The zero-order chi connectivity index (χ0) is 13.4. The zero-order valence-corrected chi connectivity index (χ0v) is 11.0. The number of hydrogen-bond donors (Lipinski definition) is 2. The van der Waals surface area contributed by atoms with Crippen LogP contribution in [-0.4, -0.2) is 10.1 Å². The Labute approximate surface area is 113 Å². The average molecular weight is 254 g/mol. The molecule has 1 heterocycles. The number of nitrogens with two attached hydrogens (primary N) is 1. The Morgan fingerprint density at radius 1 is 1.32 bits per heavy atom. The highest BCUT2D eigenvalue weighted by Gasteiger charge is 2.31. The van der Waals surface area contributed by atoms with E-state index >= 15 is 0 Å². The Balaban J connectivity index is 2.00. The summed E-state index contributed by atoms with van der Waals surface area (Å²) in [5.74, 6) is 0.568. The van der Waals surface area contributed by atoms with Gasteiger partial charge in [0.25, 0.3) is 0 Å². The highest BCUT2D eigenvalue weighted by atomic mass is 16.3. The zero-order valence-electron chi connectivity index (χ0n) is 11.0. The number of fused-ring (bicyclic) bond motifs is 1. The minimum Gasteiger partial charge on any atom is -0.388 e. The van der Waals surface area contributed by atoms with Gasteiger partial charge in [0.05, 0.1) is 6.10 Å². The number of aliphatic hydroxyl groups is 1. The fourth-order valence-corrected chi connectivity index (χ4v) is 3.09. The fourth-order valence-electron chi connectivity index (χ4n) is 3.09. The number of nitrogens with zero attached hydrogens (tertiary/aromatic N) is 1. The van der Waals surface area contributed by atoms with Crippen molar-refractivity contribution in [2.75, 3.05) is 5.73 Å². The third kappa shape index (κ3) is 2.00. The molecule has 0 saturated heterocycles. The maximum atomic E-state index is 10.7. The number of pyridine rings is 1. The van der Waals surface area contributed by atoms with Gasteiger partial charge < -0.3 is 10.8 Å². The molecule has 0 saturated carbocycles. The number of aryl methyl sites for hydroxylation is 2. The van der Waals surface area contributed by atoms with Crippen molar-refractivity contribution in [2.45, 2.75) is 31.8 Å². The van der Waals surface area contributed by atoms with E-state index in [-0.39, 0.29) is 5.92 Å². The number of benzene rings is 1. The summed E-state index contributed by atoms with van der Waals surface area (Å²) in [6.45, 7) is 1.97. The van der Waals surface area contributed by atoms with Gasteiger partial charge in [-0.05, 0) is 42.5 Å². The van der Waals surface area contributed by atoms with Gasteiger partial charge in [-0.15, -0.1) is 0 Å². The second-order valence-corrected chi connectivity index (χ2v) is 5.22. The summed E-state index contributed by atoms with van der Waals surface area (Å²) < 4.78 is 0. The third-order valence-electron chi connectivity index (χ3n) is 4.10. The minimum atomic E-state index is -0.572. The molecule has 0 fully saturated rings. The van der Waals surface area contributed by atoms with Crippen LogP contribution in [0, 0.1) is 6.92 Å². The Morgan fingerprint density at radius 2 is 2.11 bits per heavy atom. The number of hydrogen-bond acceptors (Lipinski definition) is 3. The molecule has 98 valence electrons. The Kier molecular flexibility index (Phi) is 2.99. The molecule has 0 radical (unpaired) electrons. The number of aliphatic hydroxyl groups excluding tert-OH is 1. The summed E-state index contributed by atoms with van der Waals surface area (Å²) in [4.78, 5) is 4.11. The van der Waals surface area contributed by atoms with Crippen LogP contribution in [0.2, 0.25) is 0 Å². The van der Waals surface area contributed by atoms with Crippen molar-refractivity contribution in [1.82, 2.24) is 4.98 Å². The lowest BCUT2D eigenvalue weighted by Crippen LogP contribution is -2.13. The molecule has 2 unspecified atom stereocenters. The Morgan fingerprint density at radius 3 is 2.89 bits per heavy atom. The van der Waals surface area contributed by atoms with Crippen LogP contribution in [0.1, 0.15) is 40.7 Å². The van der Waals surface area contributed by atoms with Gasteiger partial charge in [-0.3, -0.25) is 0 Å². The van der Waals surface area contributed by atoms with Crippen molar-refractivity contribution in [3.8, 4) is 0 Å². The van der Waals surface area contributed by atoms with E-state index in [9.17, 15) is 5.11 Å². The first-order chi connectivity index (χ1) is 9.18. The maximum Gasteiger partial charge on any atom is 0.129 e. The monoisotopic (exact) mass is 254 g/mol. The third-order valence-corrected chi connectivity index (χ3v) is 4.10. The van der Waals surface area contributed by atoms with Crippen molar-refractivity contribution in [3.63, 3.8) is 0 Å². The topological polar surface area (TPSA) is 59.1 Å². The molecule has 1 aromatic carbocycles. The minimum absolute atomic E-state index is 0.126. The molecule has 1 aliphatic rings. The summed E-state index contributed by atoms with van der Waals surface area (Å²) >= 11 is 0. The van der Waals surface area contributed by atoms with Gasteiger partial charge in [0.2, 0.25) is 0 Å². The summed E-state index contributed by atoms with van der Waals surface area (Å²) in [6.07, 6.45) is 3.10. The van der Waals surface area contributed by atoms with Crippen LogP contribution in [0.4, 0.5) is 5.82 Å². The summed E-state index contributed by atoms with van der Waals surface area (Å²) in [6, 6.07) is 10.2. The summed E-state index contributed by atoms with van der Waals surface area (Å²) in [5.41, 5.74) is 10.3. The molecule has 2 aromatic rings. The first kappa shape index (κ1) is 12.2. The van der Waals surface area contributed by atoms with Gasteiger partial charge in [0, 0.05) is 17.7 Å². The molecule has 1 aromatic heterocycles. The van der Waals surface area contributed by atoms with Crippen LogP contribution in [-0.2, 0) is 6.42 Å². The molecular formula is C16H18N2O. The van der Waals surface area contributed by atoms with Crippen molar-refractivity contribution in [3.05, 3.63) is 58.8 Å². The molecule has 3 N–H and O–H groups in total. The number of aromatic nitrogens is 1. The van der Waals surface area contributed by atoms with E-state index in [1.807, 2.05) is 19.1 Å². The second kappa shape index (κ2) is 4.67. The van der Waals surface area contributed by atoms with E-state index in [1.54, 1.807) is 6.20 Å². The van der Waals surface area contributed by atoms with Gasteiger partial charge in [-0.1, -0.05) is 24.3 Å².